The fourth-order valence-corrected chi connectivity index (χ4v) is 4.21. The van der Waals surface area contributed by atoms with Gasteiger partial charge in [0.2, 0.25) is 5.95 Å². The van der Waals surface area contributed by atoms with E-state index in [9.17, 15) is 0 Å². The van der Waals surface area contributed by atoms with Crippen LogP contribution in [0.3, 0.4) is 0 Å². The first-order valence-electron chi connectivity index (χ1n) is 8.54. The average Bonchev–Trinajstić information content (AvgIpc) is 3.04. The molecule has 0 aliphatic heterocycles. The molecule has 0 aliphatic carbocycles. The molecule has 0 saturated heterocycles. The van der Waals surface area contributed by atoms with Gasteiger partial charge in [-0.05, 0) is 55.1 Å². The van der Waals surface area contributed by atoms with Crippen LogP contribution in [0.4, 0.5) is 23.1 Å². The minimum atomic E-state index is -0.264. The molecule has 0 aliphatic rings. The Bertz CT molecular complexity index is 1200. The topological polar surface area (TPSA) is 81.4 Å². The monoisotopic (exact) mass is 428 g/mol. The summed E-state index contributed by atoms with van der Waals surface area (Å²) >= 11 is 11.5. The normalized spacial score (nSPS) is 11.1. The lowest BCUT2D eigenvalue weighted by molar-refractivity contribution is 1.17. The highest BCUT2D eigenvalue weighted by Gasteiger charge is 2.11. The number of imidazole rings is 1. The molecule has 0 fully saturated rings. The minimum Gasteiger partial charge on any atom is -0.338 e. The van der Waals surface area contributed by atoms with Crippen molar-refractivity contribution in [3.63, 3.8) is 0 Å². The Morgan fingerprint density at radius 1 is 1.04 bits per heavy atom. The second kappa shape index (κ2) is 7.87. The maximum Gasteiger partial charge on any atom is 0.229 e. The molecule has 28 heavy (non-hydrogen) atoms. The van der Waals surface area contributed by atoms with Crippen LogP contribution in [0.2, 0.25) is 5.02 Å². The van der Waals surface area contributed by atoms with Crippen LogP contribution in [0.1, 0.15) is 0 Å². The summed E-state index contributed by atoms with van der Waals surface area (Å²) in [6, 6.07) is 14.0. The van der Waals surface area contributed by atoms with Crippen LogP contribution in [0, 0.1) is 4.77 Å². The Morgan fingerprint density at radius 3 is 2.64 bits per heavy atom. The van der Waals surface area contributed by atoms with Crippen LogP contribution >= 0.6 is 31.7 Å². The van der Waals surface area contributed by atoms with E-state index in [0.717, 1.165) is 22.4 Å². The molecule has 142 valence electrons. The van der Waals surface area contributed by atoms with Gasteiger partial charge < -0.3 is 20.6 Å². The number of hydrogen-bond donors (Lipinski definition) is 4. The number of rotatable bonds is 5. The summed E-state index contributed by atoms with van der Waals surface area (Å²) in [5, 5.41) is 8.28. The third-order valence-corrected chi connectivity index (χ3v) is 5.99. The highest BCUT2D eigenvalue weighted by molar-refractivity contribution is 7.71. The SMILES string of the molecule is CP(C)c1ccccc1Nc1nc(Nc2ccc3[nH]c(=S)[nH]c3c2)ncc1Cl. The number of nitrogens with one attached hydrogen (secondary N) is 4. The second-order valence-corrected chi connectivity index (χ2v) is 9.48. The van der Waals surface area contributed by atoms with Gasteiger partial charge in [0.1, 0.15) is 5.02 Å². The van der Waals surface area contributed by atoms with E-state index in [-0.39, 0.29) is 7.92 Å². The summed E-state index contributed by atoms with van der Waals surface area (Å²) < 4.78 is 0.590. The van der Waals surface area contributed by atoms with Gasteiger partial charge in [-0.3, -0.25) is 0 Å². The summed E-state index contributed by atoms with van der Waals surface area (Å²) in [5.74, 6) is 1.01. The van der Waals surface area contributed by atoms with Crippen LogP contribution in [0.15, 0.2) is 48.7 Å². The summed E-state index contributed by atoms with van der Waals surface area (Å²) in [6.45, 7) is 4.43. The highest BCUT2D eigenvalue weighted by atomic mass is 35.5. The van der Waals surface area contributed by atoms with Crippen LogP contribution in [0.25, 0.3) is 11.0 Å². The third-order valence-electron chi connectivity index (χ3n) is 4.16. The van der Waals surface area contributed by atoms with Gasteiger partial charge in [0.05, 0.1) is 17.2 Å². The number of benzene rings is 2. The van der Waals surface area contributed by atoms with E-state index < -0.39 is 0 Å². The van der Waals surface area contributed by atoms with E-state index in [1.807, 2.05) is 36.4 Å². The molecule has 2 heterocycles. The number of para-hydroxylation sites is 1. The highest BCUT2D eigenvalue weighted by Crippen LogP contribution is 2.31. The molecule has 6 nitrogen and oxygen atoms in total. The lowest BCUT2D eigenvalue weighted by Crippen LogP contribution is -2.09. The molecule has 0 radical (unpaired) electrons. The van der Waals surface area contributed by atoms with Gasteiger partial charge >= 0.3 is 0 Å². The van der Waals surface area contributed by atoms with E-state index in [1.165, 1.54) is 5.30 Å². The molecule has 2 aromatic carbocycles. The second-order valence-electron chi connectivity index (χ2n) is 6.39. The number of H-pyrrole nitrogens is 2. The molecule has 0 unspecified atom stereocenters. The fraction of sp³-hybridized carbons (Fsp3) is 0.105. The number of aromatic amines is 2. The van der Waals surface area contributed by atoms with Gasteiger partial charge in [-0.2, -0.15) is 4.98 Å². The van der Waals surface area contributed by atoms with Gasteiger partial charge in [0, 0.05) is 11.4 Å². The molecule has 4 rings (SSSR count). The summed E-state index contributed by atoms with van der Waals surface area (Å²) in [5.41, 5.74) is 3.71. The lowest BCUT2D eigenvalue weighted by atomic mass is 10.3. The first-order valence-corrected chi connectivity index (χ1v) is 11.6. The van der Waals surface area contributed by atoms with Crippen LogP contribution in [-0.4, -0.2) is 33.3 Å². The standard InChI is InChI=1S/C19H18ClN6PS/c1-27(2)16-6-4-3-5-14(16)23-17-12(20)10-21-18(26-17)22-11-7-8-13-15(9-11)25-19(28)24-13/h3-10H,1-2H3,(H2,24,25,28)(H2,21,22,23,26). The molecule has 4 N–H and O–H groups in total. The molecule has 2 aromatic heterocycles. The summed E-state index contributed by atoms with van der Waals surface area (Å²) in [6.07, 6.45) is 1.59. The van der Waals surface area contributed by atoms with Crippen LogP contribution in [-0.2, 0) is 0 Å². The number of nitrogens with zero attached hydrogens (tertiary/aromatic N) is 2. The van der Waals surface area contributed by atoms with Gasteiger partial charge in [-0.25, -0.2) is 4.98 Å². The van der Waals surface area contributed by atoms with Crippen molar-refractivity contribution >= 4 is 71.2 Å². The maximum absolute atomic E-state index is 6.33. The predicted molar refractivity (Wildman–Crippen MR) is 122 cm³/mol. The van der Waals surface area contributed by atoms with Gasteiger partial charge in [-0.1, -0.05) is 37.7 Å². The average molecular weight is 429 g/mol. The van der Waals surface area contributed by atoms with Crippen LogP contribution < -0.4 is 15.9 Å². The number of hydrogen-bond acceptors (Lipinski definition) is 5. The van der Waals surface area contributed by atoms with Crippen LogP contribution in [0.5, 0.6) is 0 Å². The quantitative estimate of drug-likeness (QED) is 0.248. The molecule has 0 atom stereocenters. The molecule has 0 amide bonds. The van der Waals surface area contributed by atoms with E-state index in [1.54, 1.807) is 6.20 Å². The molecular weight excluding hydrogens is 411 g/mol. The van der Waals surface area contributed by atoms with E-state index in [0.29, 0.717) is 21.6 Å². The summed E-state index contributed by atoms with van der Waals surface area (Å²) in [7, 11) is -0.264. The summed E-state index contributed by atoms with van der Waals surface area (Å²) in [4.78, 5) is 15.0. The number of anilines is 4. The zero-order chi connectivity index (χ0) is 19.7. The number of aromatic nitrogens is 4. The Labute approximate surface area is 173 Å². The first kappa shape index (κ1) is 18.9. The Kier molecular flexibility index (Phi) is 5.31. The molecular formula is C19H18ClN6PS. The third kappa shape index (κ3) is 4.02. The minimum absolute atomic E-state index is 0.264. The Morgan fingerprint density at radius 2 is 1.82 bits per heavy atom. The predicted octanol–water partition coefficient (Wildman–Crippen LogP) is 5.52. The van der Waals surface area contributed by atoms with E-state index in [4.69, 9.17) is 23.8 Å². The molecule has 0 saturated carbocycles. The number of fused-ring (bicyclic) bond motifs is 1. The smallest absolute Gasteiger partial charge is 0.229 e. The lowest BCUT2D eigenvalue weighted by Gasteiger charge is -2.15. The molecule has 9 heteroatoms. The Balaban J connectivity index is 1.62. The first-order chi connectivity index (χ1) is 13.5. The Hall–Kier alpha value is -2.47. The van der Waals surface area contributed by atoms with Gasteiger partial charge in [0.15, 0.2) is 10.6 Å². The maximum atomic E-state index is 6.33. The van der Waals surface area contributed by atoms with Crippen molar-refractivity contribution in [3.05, 3.63) is 58.5 Å². The zero-order valence-electron chi connectivity index (χ0n) is 15.2. The van der Waals surface area contributed by atoms with Crippen molar-refractivity contribution in [2.45, 2.75) is 0 Å². The fourth-order valence-electron chi connectivity index (χ4n) is 2.85. The van der Waals surface area contributed by atoms with Crippen molar-refractivity contribution in [1.82, 2.24) is 19.9 Å². The van der Waals surface area contributed by atoms with Crippen molar-refractivity contribution in [3.8, 4) is 0 Å². The van der Waals surface area contributed by atoms with Crippen molar-refractivity contribution in [1.29, 1.82) is 0 Å². The van der Waals surface area contributed by atoms with Gasteiger partial charge in [0.25, 0.3) is 0 Å². The van der Waals surface area contributed by atoms with Crippen molar-refractivity contribution < 1.29 is 0 Å². The van der Waals surface area contributed by atoms with E-state index in [2.05, 4.69) is 50.0 Å². The number of halogens is 1. The van der Waals surface area contributed by atoms with E-state index >= 15 is 0 Å². The van der Waals surface area contributed by atoms with Crippen molar-refractivity contribution in [2.75, 3.05) is 24.0 Å². The van der Waals surface area contributed by atoms with Crippen molar-refractivity contribution in [2.24, 2.45) is 0 Å². The zero-order valence-corrected chi connectivity index (χ0v) is 17.7. The largest absolute Gasteiger partial charge is 0.338 e. The molecule has 0 spiro atoms. The molecule has 4 aromatic rings. The molecule has 0 bridgehead atoms. The van der Waals surface area contributed by atoms with Gasteiger partial charge in [-0.15, -0.1) is 0 Å².